The molecular weight excluding hydrogens is 170 g/mol. The van der Waals surface area contributed by atoms with Crippen LogP contribution in [0.1, 0.15) is 5.56 Å². The van der Waals surface area contributed by atoms with E-state index in [1.54, 1.807) is 6.08 Å². The Kier molecular flexibility index (Phi) is 3.33. The molecule has 0 bridgehead atoms. The maximum atomic E-state index is 9.77. The third-order valence-corrected chi connectivity index (χ3v) is 1.95. The highest BCUT2D eigenvalue weighted by Crippen LogP contribution is 2.18. The summed E-state index contributed by atoms with van der Waals surface area (Å²) in [6, 6.07) is 7.58. The Balaban J connectivity index is 2.77. The van der Waals surface area contributed by atoms with Gasteiger partial charge in [-0.1, -0.05) is 24.8 Å². The molecule has 0 aliphatic carbocycles. The van der Waals surface area contributed by atoms with E-state index in [1.807, 2.05) is 24.3 Å². The van der Waals surface area contributed by atoms with Crippen LogP contribution in [0.15, 0.2) is 40.1 Å². The van der Waals surface area contributed by atoms with E-state index in [0.29, 0.717) is 0 Å². The molecular formula is C9H7NOS. The number of carbonyl (C=O) groups excluding carboxylic acids is 1. The topological polar surface area (TPSA) is 29.4 Å². The van der Waals surface area contributed by atoms with E-state index in [9.17, 15) is 4.79 Å². The molecule has 1 aromatic carbocycles. The molecule has 2 nitrogen and oxygen atoms in total. The highest BCUT2D eigenvalue weighted by molar-refractivity contribution is 7.98. The van der Waals surface area contributed by atoms with E-state index in [-0.39, 0.29) is 0 Å². The molecule has 1 aromatic rings. The molecule has 12 heavy (non-hydrogen) atoms. The zero-order valence-corrected chi connectivity index (χ0v) is 7.17. The van der Waals surface area contributed by atoms with Crippen LogP contribution in [-0.2, 0) is 4.79 Å². The van der Waals surface area contributed by atoms with Gasteiger partial charge in [-0.05, 0) is 17.7 Å². The normalized spacial score (nSPS) is 8.67. The number of benzene rings is 1. The molecule has 0 aliphatic heterocycles. The zero-order chi connectivity index (χ0) is 8.81. The van der Waals surface area contributed by atoms with Crippen molar-refractivity contribution in [1.82, 2.24) is 0 Å². The fourth-order valence-electron chi connectivity index (χ4n) is 0.736. The molecule has 1 rings (SSSR count). The van der Waals surface area contributed by atoms with Gasteiger partial charge in [0.05, 0.1) is 0 Å². The number of isocyanates is 1. The van der Waals surface area contributed by atoms with Crippen LogP contribution in [0.25, 0.3) is 6.08 Å². The first-order valence-corrected chi connectivity index (χ1v) is 4.11. The highest BCUT2D eigenvalue weighted by Gasteiger charge is 1.90. The van der Waals surface area contributed by atoms with Crippen molar-refractivity contribution in [2.75, 3.05) is 0 Å². The molecule has 0 N–H and O–H groups in total. The van der Waals surface area contributed by atoms with Crippen LogP contribution in [0.5, 0.6) is 0 Å². The van der Waals surface area contributed by atoms with E-state index in [4.69, 9.17) is 0 Å². The second kappa shape index (κ2) is 4.54. The van der Waals surface area contributed by atoms with Crippen LogP contribution in [0.3, 0.4) is 0 Å². The van der Waals surface area contributed by atoms with Gasteiger partial charge in [-0.3, -0.25) is 0 Å². The lowest BCUT2D eigenvalue weighted by Gasteiger charge is -1.94. The quantitative estimate of drug-likeness (QED) is 0.403. The molecule has 60 valence electrons. The van der Waals surface area contributed by atoms with E-state index in [2.05, 4.69) is 11.0 Å². The Labute approximate surface area is 75.2 Å². The average Bonchev–Trinajstić information content (AvgIpc) is 2.15. The van der Waals surface area contributed by atoms with E-state index >= 15 is 0 Å². The number of nitrogens with zero attached hydrogens (tertiary/aromatic N) is 1. The monoisotopic (exact) mass is 177 g/mol. The van der Waals surface area contributed by atoms with Gasteiger partial charge in [-0.2, -0.15) is 0 Å². The summed E-state index contributed by atoms with van der Waals surface area (Å²) in [4.78, 5) is 10.7. The molecule has 0 aromatic heterocycles. The molecule has 0 aliphatic rings. The summed E-state index contributed by atoms with van der Waals surface area (Å²) >= 11 is 1.11. The second-order valence-corrected chi connectivity index (χ2v) is 2.88. The summed E-state index contributed by atoms with van der Waals surface area (Å²) in [5.74, 6) is 0. The summed E-state index contributed by atoms with van der Waals surface area (Å²) in [5, 5.41) is 0. The maximum Gasteiger partial charge on any atom is 0.247 e. The zero-order valence-electron chi connectivity index (χ0n) is 6.36. The Morgan fingerprint density at radius 1 is 1.42 bits per heavy atom. The van der Waals surface area contributed by atoms with Crippen molar-refractivity contribution < 1.29 is 4.79 Å². The molecule has 0 amide bonds. The van der Waals surface area contributed by atoms with Crippen molar-refractivity contribution in [3.63, 3.8) is 0 Å². The standard InChI is InChI=1S/C9H7NOS/c1-2-8-3-5-9(6-4-8)12-10-7-11/h2-6H,1H2. The van der Waals surface area contributed by atoms with Crippen LogP contribution in [0.4, 0.5) is 0 Å². The summed E-state index contributed by atoms with van der Waals surface area (Å²) in [6.45, 7) is 3.63. The van der Waals surface area contributed by atoms with Gasteiger partial charge in [-0.25, -0.2) is 4.79 Å². The van der Waals surface area contributed by atoms with Crippen molar-refractivity contribution in [1.29, 1.82) is 0 Å². The average molecular weight is 177 g/mol. The molecule has 0 fully saturated rings. The summed E-state index contributed by atoms with van der Waals surface area (Å²) in [7, 11) is 0. The lowest BCUT2D eigenvalue weighted by molar-refractivity contribution is 0.566. The molecule has 0 unspecified atom stereocenters. The molecule has 0 atom stereocenters. The van der Waals surface area contributed by atoms with Crippen molar-refractivity contribution >= 4 is 24.1 Å². The van der Waals surface area contributed by atoms with Gasteiger partial charge in [0.1, 0.15) is 0 Å². The van der Waals surface area contributed by atoms with Crippen molar-refractivity contribution in [3.8, 4) is 0 Å². The summed E-state index contributed by atoms with van der Waals surface area (Å²) in [5.41, 5.74) is 1.05. The molecule has 3 heteroatoms. The van der Waals surface area contributed by atoms with E-state index < -0.39 is 0 Å². The fourth-order valence-corrected chi connectivity index (χ4v) is 1.14. The van der Waals surface area contributed by atoms with Gasteiger partial charge in [-0.15, -0.1) is 4.40 Å². The van der Waals surface area contributed by atoms with Crippen LogP contribution in [0, 0.1) is 0 Å². The van der Waals surface area contributed by atoms with E-state index in [1.165, 1.54) is 6.08 Å². The Bertz CT molecular complexity index is 312. The minimum atomic E-state index is 0.920. The largest absolute Gasteiger partial charge is 0.247 e. The minimum absolute atomic E-state index is 0.920. The fraction of sp³-hybridized carbons (Fsp3) is 0. The number of hydrogen-bond donors (Lipinski definition) is 0. The third-order valence-electron chi connectivity index (χ3n) is 1.30. The van der Waals surface area contributed by atoms with Gasteiger partial charge >= 0.3 is 0 Å². The van der Waals surface area contributed by atoms with Gasteiger partial charge in [0.25, 0.3) is 0 Å². The van der Waals surface area contributed by atoms with Crippen molar-refractivity contribution in [3.05, 3.63) is 36.4 Å². The number of rotatable bonds is 3. The van der Waals surface area contributed by atoms with E-state index in [0.717, 1.165) is 22.4 Å². The van der Waals surface area contributed by atoms with Crippen molar-refractivity contribution in [2.24, 2.45) is 4.40 Å². The summed E-state index contributed by atoms with van der Waals surface area (Å²) in [6.07, 6.45) is 3.22. The van der Waals surface area contributed by atoms with Gasteiger partial charge in [0, 0.05) is 16.8 Å². The Morgan fingerprint density at radius 2 is 2.08 bits per heavy atom. The van der Waals surface area contributed by atoms with Gasteiger partial charge in [0.2, 0.25) is 6.08 Å². The second-order valence-electron chi connectivity index (χ2n) is 2.05. The third kappa shape index (κ3) is 2.38. The van der Waals surface area contributed by atoms with Crippen LogP contribution < -0.4 is 0 Å². The summed E-state index contributed by atoms with van der Waals surface area (Å²) < 4.78 is 3.38. The van der Waals surface area contributed by atoms with Gasteiger partial charge in [0.15, 0.2) is 0 Å². The molecule has 0 radical (unpaired) electrons. The maximum absolute atomic E-state index is 9.77. The first kappa shape index (κ1) is 8.78. The minimum Gasteiger partial charge on any atom is -0.210 e. The first-order valence-electron chi connectivity index (χ1n) is 3.33. The Hall–Kier alpha value is -1.31. The van der Waals surface area contributed by atoms with Gasteiger partial charge < -0.3 is 0 Å². The van der Waals surface area contributed by atoms with Crippen LogP contribution in [0.2, 0.25) is 0 Å². The molecule has 0 saturated carbocycles. The van der Waals surface area contributed by atoms with Crippen molar-refractivity contribution in [2.45, 2.75) is 4.90 Å². The van der Waals surface area contributed by atoms with Crippen LogP contribution >= 0.6 is 11.9 Å². The smallest absolute Gasteiger partial charge is 0.210 e. The highest BCUT2D eigenvalue weighted by atomic mass is 32.2. The molecule has 0 saturated heterocycles. The molecule has 0 heterocycles. The predicted molar refractivity (Wildman–Crippen MR) is 50.5 cm³/mol. The molecule has 0 spiro atoms. The van der Waals surface area contributed by atoms with Crippen LogP contribution in [-0.4, -0.2) is 6.08 Å². The lowest BCUT2D eigenvalue weighted by atomic mass is 10.2. The predicted octanol–water partition coefficient (Wildman–Crippen LogP) is 2.67. The first-order chi connectivity index (χ1) is 5.86. The Morgan fingerprint density at radius 3 is 2.58 bits per heavy atom. The SMILES string of the molecule is C=Cc1ccc(SN=C=O)cc1. The lowest BCUT2D eigenvalue weighted by Crippen LogP contribution is -1.70. The number of hydrogen-bond acceptors (Lipinski definition) is 3.